The number of carboxylic acids is 1. The first-order valence-electron chi connectivity index (χ1n) is 5.71. The lowest BCUT2D eigenvalue weighted by molar-refractivity contribution is 0.0699. The first-order chi connectivity index (χ1) is 9.47. The molecular formula is C15H7Br2ClO2. The molecule has 0 fully saturated rings. The summed E-state index contributed by atoms with van der Waals surface area (Å²) in [6, 6.07) is 10.8. The molecule has 3 rings (SSSR count). The summed E-state index contributed by atoms with van der Waals surface area (Å²) in [6.07, 6.45) is 0. The number of fused-ring (bicyclic) bond motifs is 3. The van der Waals surface area contributed by atoms with E-state index in [1.807, 2.05) is 12.1 Å². The van der Waals surface area contributed by atoms with Crippen LogP contribution in [0.4, 0.5) is 0 Å². The molecule has 0 aliphatic carbocycles. The van der Waals surface area contributed by atoms with Gasteiger partial charge < -0.3 is 5.11 Å². The van der Waals surface area contributed by atoms with Gasteiger partial charge in [-0.1, -0.05) is 49.5 Å². The van der Waals surface area contributed by atoms with E-state index in [1.165, 1.54) is 0 Å². The number of hydrogen-bond acceptors (Lipinski definition) is 1. The standard InChI is InChI=1S/C15H7Br2ClO2/c16-7-3-10-11-5-8(18)1-2-9(11)13(15(19)20)6-12(10)14(17)4-7/h1-6H,(H,19,20). The average molecular weight is 414 g/mol. The van der Waals surface area contributed by atoms with Crippen LogP contribution in [0.5, 0.6) is 0 Å². The molecule has 0 spiro atoms. The zero-order valence-electron chi connectivity index (χ0n) is 9.95. The van der Waals surface area contributed by atoms with Gasteiger partial charge in [0.15, 0.2) is 0 Å². The van der Waals surface area contributed by atoms with Gasteiger partial charge in [0.1, 0.15) is 0 Å². The fourth-order valence-electron chi connectivity index (χ4n) is 2.33. The zero-order chi connectivity index (χ0) is 14.4. The van der Waals surface area contributed by atoms with Crippen molar-refractivity contribution in [3.8, 4) is 0 Å². The normalized spacial score (nSPS) is 11.2. The SMILES string of the molecule is O=C(O)c1cc2c(Br)cc(Br)cc2c2cc(Cl)ccc12. The predicted octanol–water partition coefficient (Wildman–Crippen LogP) is 5.87. The van der Waals surface area contributed by atoms with Gasteiger partial charge in [-0.05, 0) is 51.9 Å². The van der Waals surface area contributed by atoms with E-state index in [2.05, 4.69) is 31.9 Å². The van der Waals surface area contributed by atoms with Gasteiger partial charge in [0.2, 0.25) is 0 Å². The molecule has 100 valence electrons. The fraction of sp³-hybridized carbons (Fsp3) is 0. The van der Waals surface area contributed by atoms with Crippen LogP contribution < -0.4 is 0 Å². The van der Waals surface area contributed by atoms with Gasteiger partial charge in [0.25, 0.3) is 0 Å². The summed E-state index contributed by atoms with van der Waals surface area (Å²) >= 11 is 13.0. The number of benzene rings is 3. The molecule has 3 aromatic carbocycles. The third kappa shape index (κ3) is 2.22. The summed E-state index contributed by atoms with van der Waals surface area (Å²) in [5.41, 5.74) is 0.271. The van der Waals surface area contributed by atoms with Gasteiger partial charge in [0, 0.05) is 14.0 Å². The van der Waals surface area contributed by atoms with Crippen molar-refractivity contribution in [3.63, 3.8) is 0 Å². The van der Waals surface area contributed by atoms with Crippen molar-refractivity contribution in [3.05, 3.63) is 55.9 Å². The van der Waals surface area contributed by atoms with Crippen LogP contribution in [0.1, 0.15) is 10.4 Å². The van der Waals surface area contributed by atoms with E-state index in [1.54, 1.807) is 24.3 Å². The smallest absolute Gasteiger partial charge is 0.336 e. The van der Waals surface area contributed by atoms with Crippen LogP contribution in [0.2, 0.25) is 5.02 Å². The first kappa shape index (κ1) is 13.9. The Labute approximate surface area is 136 Å². The molecule has 0 heterocycles. The minimum Gasteiger partial charge on any atom is -0.478 e. The second-order valence-electron chi connectivity index (χ2n) is 4.40. The summed E-state index contributed by atoms with van der Waals surface area (Å²) in [5, 5.41) is 13.3. The highest BCUT2D eigenvalue weighted by Gasteiger charge is 2.14. The lowest BCUT2D eigenvalue weighted by atomic mass is 9.97. The first-order valence-corrected chi connectivity index (χ1v) is 7.68. The molecule has 0 aromatic heterocycles. The van der Waals surface area contributed by atoms with Gasteiger partial charge in [-0.2, -0.15) is 0 Å². The Morgan fingerprint density at radius 3 is 2.35 bits per heavy atom. The van der Waals surface area contributed by atoms with Gasteiger partial charge >= 0.3 is 5.97 Å². The van der Waals surface area contributed by atoms with Gasteiger partial charge in [0.05, 0.1) is 5.56 Å². The Morgan fingerprint density at radius 2 is 1.65 bits per heavy atom. The molecule has 3 aromatic rings. The molecule has 1 N–H and O–H groups in total. The lowest BCUT2D eigenvalue weighted by Gasteiger charge is -2.10. The highest BCUT2D eigenvalue weighted by atomic mass is 79.9. The number of carbonyl (C=O) groups is 1. The lowest BCUT2D eigenvalue weighted by Crippen LogP contribution is -1.98. The van der Waals surface area contributed by atoms with E-state index in [0.29, 0.717) is 10.4 Å². The van der Waals surface area contributed by atoms with Crippen molar-refractivity contribution >= 4 is 71.0 Å². The molecule has 0 aliphatic rings. The van der Waals surface area contributed by atoms with Gasteiger partial charge in [-0.15, -0.1) is 0 Å². The zero-order valence-corrected chi connectivity index (χ0v) is 13.9. The van der Waals surface area contributed by atoms with Crippen molar-refractivity contribution in [2.45, 2.75) is 0 Å². The molecule has 0 atom stereocenters. The maximum absolute atomic E-state index is 11.5. The summed E-state index contributed by atoms with van der Waals surface area (Å²) in [7, 11) is 0. The van der Waals surface area contributed by atoms with Crippen LogP contribution in [-0.4, -0.2) is 11.1 Å². The second-order valence-corrected chi connectivity index (χ2v) is 6.61. The Hall–Kier alpha value is -1.10. The van der Waals surface area contributed by atoms with Gasteiger partial charge in [-0.3, -0.25) is 0 Å². The highest BCUT2D eigenvalue weighted by molar-refractivity contribution is 9.11. The molecule has 0 amide bonds. The number of halogens is 3. The van der Waals surface area contributed by atoms with E-state index in [-0.39, 0.29) is 5.56 Å². The maximum Gasteiger partial charge on any atom is 0.336 e. The van der Waals surface area contributed by atoms with Crippen LogP contribution in [0.15, 0.2) is 45.3 Å². The van der Waals surface area contributed by atoms with Crippen molar-refractivity contribution in [1.29, 1.82) is 0 Å². The van der Waals surface area contributed by atoms with Crippen molar-refractivity contribution in [2.24, 2.45) is 0 Å². The Balaban J connectivity index is 2.62. The predicted molar refractivity (Wildman–Crippen MR) is 88.8 cm³/mol. The number of aromatic carboxylic acids is 1. The van der Waals surface area contributed by atoms with Crippen LogP contribution in [-0.2, 0) is 0 Å². The largest absolute Gasteiger partial charge is 0.478 e. The topological polar surface area (TPSA) is 37.3 Å². The van der Waals surface area contributed by atoms with Crippen LogP contribution in [0, 0.1) is 0 Å². The van der Waals surface area contributed by atoms with Crippen LogP contribution in [0.3, 0.4) is 0 Å². The number of carboxylic acid groups (broad SMARTS) is 1. The molecule has 0 radical (unpaired) electrons. The van der Waals surface area contributed by atoms with Gasteiger partial charge in [-0.25, -0.2) is 4.79 Å². The fourth-order valence-corrected chi connectivity index (χ4v) is 3.84. The maximum atomic E-state index is 11.5. The molecule has 0 bridgehead atoms. The van der Waals surface area contributed by atoms with E-state index in [4.69, 9.17) is 11.6 Å². The molecular weight excluding hydrogens is 407 g/mol. The van der Waals surface area contributed by atoms with E-state index >= 15 is 0 Å². The Kier molecular flexibility index (Phi) is 3.48. The Bertz CT molecular complexity index is 875. The number of hydrogen-bond donors (Lipinski definition) is 1. The molecule has 0 saturated heterocycles. The highest BCUT2D eigenvalue weighted by Crippen LogP contribution is 2.36. The molecule has 0 unspecified atom stereocenters. The summed E-state index contributed by atoms with van der Waals surface area (Å²) in [5.74, 6) is -0.950. The quantitative estimate of drug-likeness (QED) is 0.506. The summed E-state index contributed by atoms with van der Waals surface area (Å²) in [4.78, 5) is 11.5. The molecule has 0 aliphatic heterocycles. The summed E-state index contributed by atoms with van der Waals surface area (Å²) in [6.45, 7) is 0. The summed E-state index contributed by atoms with van der Waals surface area (Å²) < 4.78 is 1.76. The van der Waals surface area contributed by atoms with Crippen molar-refractivity contribution < 1.29 is 9.90 Å². The van der Waals surface area contributed by atoms with E-state index in [9.17, 15) is 9.90 Å². The third-order valence-corrected chi connectivity index (χ3v) is 4.52. The van der Waals surface area contributed by atoms with Crippen LogP contribution >= 0.6 is 43.5 Å². The Morgan fingerprint density at radius 1 is 0.950 bits per heavy atom. The van der Waals surface area contributed by atoms with E-state index < -0.39 is 5.97 Å². The molecule has 2 nitrogen and oxygen atoms in total. The van der Waals surface area contributed by atoms with Crippen LogP contribution in [0.25, 0.3) is 21.5 Å². The monoisotopic (exact) mass is 412 g/mol. The van der Waals surface area contributed by atoms with Crippen molar-refractivity contribution in [1.82, 2.24) is 0 Å². The number of rotatable bonds is 1. The molecule has 20 heavy (non-hydrogen) atoms. The molecule has 0 saturated carbocycles. The third-order valence-electron chi connectivity index (χ3n) is 3.18. The average Bonchev–Trinajstić information content (AvgIpc) is 2.37. The van der Waals surface area contributed by atoms with E-state index in [0.717, 1.165) is 25.1 Å². The molecule has 5 heteroatoms. The van der Waals surface area contributed by atoms with Crippen molar-refractivity contribution in [2.75, 3.05) is 0 Å². The minimum atomic E-state index is -0.950. The minimum absolute atomic E-state index is 0.271. The second kappa shape index (κ2) is 5.02.